The summed E-state index contributed by atoms with van der Waals surface area (Å²) in [6.45, 7) is 6.16. The third kappa shape index (κ3) is 3.60. The number of rotatable bonds is 3. The van der Waals surface area contributed by atoms with E-state index in [4.69, 9.17) is 0 Å². The molecule has 0 spiro atoms. The highest BCUT2D eigenvalue weighted by atomic mass is 127. The quantitative estimate of drug-likeness (QED) is 0.787. The number of carbonyl (C=O) groups excluding carboxylic acids is 1. The van der Waals surface area contributed by atoms with Crippen molar-refractivity contribution < 1.29 is 4.79 Å². The molecule has 3 heteroatoms. The average Bonchev–Trinajstić information content (AvgIpc) is 2.41. The molecule has 2 aromatic carbocycles. The molecule has 0 saturated heterocycles. The molecule has 104 valence electrons. The van der Waals surface area contributed by atoms with E-state index in [1.807, 2.05) is 31.2 Å². The highest BCUT2D eigenvalue weighted by molar-refractivity contribution is 14.1. The maximum absolute atomic E-state index is 12.3. The zero-order valence-electron chi connectivity index (χ0n) is 11.9. The van der Waals surface area contributed by atoms with E-state index in [0.29, 0.717) is 5.56 Å². The van der Waals surface area contributed by atoms with Crippen LogP contribution < -0.4 is 5.32 Å². The van der Waals surface area contributed by atoms with Gasteiger partial charge in [0.05, 0.1) is 6.04 Å². The van der Waals surface area contributed by atoms with Gasteiger partial charge in [-0.1, -0.05) is 29.8 Å². The number of hydrogen-bond acceptors (Lipinski definition) is 1. The van der Waals surface area contributed by atoms with Crippen LogP contribution in [0.2, 0.25) is 0 Å². The van der Waals surface area contributed by atoms with Crippen molar-refractivity contribution in [1.82, 2.24) is 5.32 Å². The van der Waals surface area contributed by atoms with Crippen LogP contribution in [0.5, 0.6) is 0 Å². The average molecular weight is 379 g/mol. The molecule has 2 rings (SSSR count). The van der Waals surface area contributed by atoms with Gasteiger partial charge < -0.3 is 5.32 Å². The first-order valence-electron chi connectivity index (χ1n) is 6.61. The van der Waals surface area contributed by atoms with Crippen LogP contribution in [0, 0.1) is 17.4 Å². The van der Waals surface area contributed by atoms with Crippen LogP contribution in [0.25, 0.3) is 0 Å². The Kier molecular flexibility index (Phi) is 4.81. The molecule has 0 bridgehead atoms. The van der Waals surface area contributed by atoms with Crippen LogP contribution >= 0.6 is 22.6 Å². The first kappa shape index (κ1) is 15.0. The van der Waals surface area contributed by atoms with Crippen LogP contribution in [0.4, 0.5) is 0 Å². The molecular formula is C17H18INO. The Labute approximate surface area is 133 Å². The maximum atomic E-state index is 12.3. The van der Waals surface area contributed by atoms with Crippen LogP contribution in [0.1, 0.15) is 40.0 Å². The molecule has 0 aliphatic rings. The maximum Gasteiger partial charge on any atom is 0.251 e. The number of benzene rings is 2. The molecule has 0 saturated carbocycles. The number of aryl methyl sites for hydroxylation is 2. The molecule has 0 radical (unpaired) electrons. The molecule has 2 aromatic rings. The van der Waals surface area contributed by atoms with E-state index in [9.17, 15) is 4.79 Å². The summed E-state index contributed by atoms with van der Waals surface area (Å²) in [6.07, 6.45) is 0. The lowest BCUT2D eigenvalue weighted by Crippen LogP contribution is -2.27. The van der Waals surface area contributed by atoms with Crippen LogP contribution in [0.3, 0.4) is 0 Å². The molecule has 1 amide bonds. The van der Waals surface area contributed by atoms with Crippen LogP contribution in [-0.4, -0.2) is 5.91 Å². The molecular weight excluding hydrogens is 361 g/mol. The van der Waals surface area contributed by atoms with Gasteiger partial charge in [-0.3, -0.25) is 4.79 Å². The standard InChI is InChI=1S/C17H18INO/c1-11-7-8-12(2)16(9-11)13(3)19-17(20)14-5-4-6-15(18)10-14/h4-10,13H,1-3H3,(H,19,20). The largest absolute Gasteiger partial charge is 0.346 e. The molecule has 20 heavy (non-hydrogen) atoms. The van der Waals surface area contributed by atoms with Crippen LogP contribution in [-0.2, 0) is 0 Å². The summed E-state index contributed by atoms with van der Waals surface area (Å²) in [5.74, 6) is -0.0306. The highest BCUT2D eigenvalue weighted by Gasteiger charge is 2.13. The lowest BCUT2D eigenvalue weighted by molar-refractivity contribution is 0.0939. The number of carbonyl (C=O) groups is 1. The Bertz CT molecular complexity index is 637. The number of nitrogens with one attached hydrogen (secondary N) is 1. The second-order valence-electron chi connectivity index (χ2n) is 5.07. The normalized spacial score (nSPS) is 12.0. The fourth-order valence-corrected chi connectivity index (χ4v) is 2.76. The molecule has 2 nitrogen and oxygen atoms in total. The van der Waals surface area contributed by atoms with Gasteiger partial charge in [0, 0.05) is 9.13 Å². The van der Waals surface area contributed by atoms with E-state index in [-0.39, 0.29) is 11.9 Å². The molecule has 0 aliphatic carbocycles. The fourth-order valence-electron chi connectivity index (χ4n) is 2.21. The monoisotopic (exact) mass is 379 g/mol. The molecule has 1 atom stereocenters. The molecule has 0 heterocycles. The fraction of sp³-hybridized carbons (Fsp3) is 0.235. The van der Waals surface area contributed by atoms with Crippen molar-refractivity contribution in [2.75, 3.05) is 0 Å². The van der Waals surface area contributed by atoms with Crippen molar-refractivity contribution in [3.8, 4) is 0 Å². The zero-order chi connectivity index (χ0) is 14.7. The Morgan fingerprint density at radius 1 is 1.15 bits per heavy atom. The van der Waals surface area contributed by atoms with Crippen molar-refractivity contribution in [2.24, 2.45) is 0 Å². The van der Waals surface area contributed by atoms with Gasteiger partial charge in [0.2, 0.25) is 0 Å². The molecule has 1 N–H and O–H groups in total. The molecule has 0 aliphatic heterocycles. The zero-order valence-corrected chi connectivity index (χ0v) is 14.1. The second-order valence-corrected chi connectivity index (χ2v) is 6.31. The molecule has 1 unspecified atom stereocenters. The first-order valence-corrected chi connectivity index (χ1v) is 7.69. The summed E-state index contributed by atoms with van der Waals surface area (Å²) in [5, 5.41) is 3.07. The summed E-state index contributed by atoms with van der Waals surface area (Å²) in [4.78, 5) is 12.3. The Hall–Kier alpha value is -1.36. The van der Waals surface area contributed by atoms with Gasteiger partial charge in [-0.05, 0) is 72.7 Å². The lowest BCUT2D eigenvalue weighted by atomic mass is 10.00. The topological polar surface area (TPSA) is 29.1 Å². The summed E-state index contributed by atoms with van der Waals surface area (Å²) < 4.78 is 1.06. The van der Waals surface area contributed by atoms with Gasteiger partial charge >= 0.3 is 0 Å². The van der Waals surface area contributed by atoms with Crippen molar-refractivity contribution in [3.63, 3.8) is 0 Å². The van der Waals surface area contributed by atoms with E-state index >= 15 is 0 Å². The third-order valence-corrected chi connectivity index (χ3v) is 4.01. The number of amides is 1. The smallest absolute Gasteiger partial charge is 0.251 e. The minimum absolute atomic E-state index is 0.000248. The number of hydrogen-bond donors (Lipinski definition) is 1. The van der Waals surface area contributed by atoms with Crippen molar-refractivity contribution >= 4 is 28.5 Å². The minimum Gasteiger partial charge on any atom is -0.346 e. The molecule has 0 fully saturated rings. The van der Waals surface area contributed by atoms with Gasteiger partial charge in [0.1, 0.15) is 0 Å². The van der Waals surface area contributed by atoms with Gasteiger partial charge in [-0.15, -0.1) is 0 Å². The number of halogens is 1. The van der Waals surface area contributed by atoms with Gasteiger partial charge in [-0.2, -0.15) is 0 Å². The first-order chi connectivity index (χ1) is 9.47. The van der Waals surface area contributed by atoms with Gasteiger partial charge in [0.15, 0.2) is 0 Å². The SMILES string of the molecule is Cc1ccc(C)c(C(C)NC(=O)c2cccc(I)c2)c1. The van der Waals surface area contributed by atoms with E-state index in [2.05, 4.69) is 60.0 Å². The Balaban J connectivity index is 2.17. The highest BCUT2D eigenvalue weighted by Crippen LogP contribution is 2.19. The van der Waals surface area contributed by atoms with Crippen LogP contribution in [0.15, 0.2) is 42.5 Å². The predicted molar refractivity (Wildman–Crippen MR) is 91.0 cm³/mol. The Morgan fingerprint density at radius 2 is 1.90 bits per heavy atom. The van der Waals surface area contributed by atoms with E-state index in [1.165, 1.54) is 16.7 Å². The van der Waals surface area contributed by atoms with E-state index in [0.717, 1.165) is 3.57 Å². The second kappa shape index (κ2) is 6.39. The van der Waals surface area contributed by atoms with Crippen molar-refractivity contribution in [3.05, 3.63) is 68.3 Å². The Morgan fingerprint density at radius 3 is 2.60 bits per heavy atom. The summed E-state index contributed by atoms with van der Waals surface area (Å²) in [7, 11) is 0. The lowest BCUT2D eigenvalue weighted by Gasteiger charge is -2.17. The minimum atomic E-state index is -0.0306. The van der Waals surface area contributed by atoms with E-state index in [1.54, 1.807) is 0 Å². The van der Waals surface area contributed by atoms with Crippen molar-refractivity contribution in [2.45, 2.75) is 26.8 Å². The summed E-state index contributed by atoms with van der Waals surface area (Å²) in [5.41, 5.74) is 4.28. The van der Waals surface area contributed by atoms with E-state index < -0.39 is 0 Å². The van der Waals surface area contributed by atoms with Gasteiger partial charge in [0.25, 0.3) is 5.91 Å². The summed E-state index contributed by atoms with van der Waals surface area (Å²) in [6, 6.07) is 13.9. The van der Waals surface area contributed by atoms with Crippen molar-refractivity contribution in [1.29, 1.82) is 0 Å². The summed E-state index contributed by atoms with van der Waals surface area (Å²) >= 11 is 2.21. The molecule has 0 aromatic heterocycles. The predicted octanol–water partition coefficient (Wildman–Crippen LogP) is 4.40. The van der Waals surface area contributed by atoms with Gasteiger partial charge in [-0.25, -0.2) is 0 Å². The third-order valence-electron chi connectivity index (χ3n) is 3.34.